The maximum absolute atomic E-state index is 8.88. The second kappa shape index (κ2) is 6.75. The molecule has 0 aliphatic heterocycles. The lowest BCUT2D eigenvalue weighted by molar-refractivity contribution is 0.282. The van der Waals surface area contributed by atoms with Crippen molar-refractivity contribution in [3.63, 3.8) is 0 Å². The Morgan fingerprint density at radius 2 is 1.69 bits per heavy atom. The fourth-order valence-corrected chi connectivity index (χ4v) is 1.31. The Balaban J connectivity index is 0.000000606. The van der Waals surface area contributed by atoms with E-state index in [4.69, 9.17) is 5.11 Å². The second-order valence-corrected chi connectivity index (χ2v) is 3.07. The van der Waals surface area contributed by atoms with E-state index in [0.717, 1.165) is 16.8 Å². The van der Waals surface area contributed by atoms with Crippen molar-refractivity contribution in [3.05, 3.63) is 54.2 Å². The lowest BCUT2D eigenvalue weighted by Crippen LogP contribution is -1.84. The van der Waals surface area contributed by atoms with Crippen molar-refractivity contribution in [1.29, 1.82) is 0 Å². The molecule has 0 atom stereocenters. The van der Waals surface area contributed by atoms with Crippen molar-refractivity contribution in [3.8, 4) is 11.3 Å². The van der Waals surface area contributed by atoms with Gasteiger partial charge in [-0.05, 0) is 17.7 Å². The summed E-state index contributed by atoms with van der Waals surface area (Å²) in [4.78, 5) is 4.24. The number of hydrogen-bond donors (Lipinski definition) is 1. The van der Waals surface area contributed by atoms with Crippen molar-refractivity contribution in [1.82, 2.24) is 4.98 Å². The SMILES string of the molecule is CC.OCc1ccc(-c2ccccn2)cc1. The van der Waals surface area contributed by atoms with E-state index >= 15 is 0 Å². The smallest absolute Gasteiger partial charge is 0.0701 e. The zero-order valence-electron chi connectivity index (χ0n) is 9.72. The Hall–Kier alpha value is -1.67. The first-order valence-electron chi connectivity index (χ1n) is 5.51. The standard InChI is InChI=1S/C12H11NO.C2H6/c14-9-10-4-6-11(7-5-10)12-3-1-2-8-13-12;1-2/h1-8,14H,9H2;1-2H3. The molecule has 2 heteroatoms. The molecule has 0 radical (unpaired) electrons. The second-order valence-electron chi connectivity index (χ2n) is 3.07. The van der Waals surface area contributed by atoms with Crippen LogP contribution in [0.1, 0.15) is 19.4 Å². The van der Waals surface area contributed by atoms with Gasteiger partial charge in [0.15, 0.2) is 0 Å². The molecule has 0 saturated carbocycles. The maximum Gasteiger partial charge on any atom is 0.0701 e. The lowest BCUT2D eigenvalue weighted by atomic mass is 10.1. The number of aliphatic hydroxyl groups is 1. The van der Waals surface area contributed by atoms with Gasteiger partial charge < -0.3 is 5.11 Å². The van der Waals surface area contributed by atoms with E-state index in [9.17, 15) is 0 Å². The van der Waals surface area contributed by atoms with Gasteiger partial charge in [0.25, 0.3) is 0 Å². The highest BCUT2D eigenvalue weighted by molar-refractivity contribution is 5.58. The minimum Gasteiger partial charge on any atom is -0.392 e. The zero-order chi connectivity index (χ0) is 11.8. The summed E-state index contributed by atoms with van der Waals surface area (Å²) in [5.41, 5.74) is 2.95. The number of aromatic nitrogens is 1. The molecule has 2 aromatic rings. The van der Waals surface area contributed by atoms with E-state index in [2.05, 4.69) is 4.98 Å². The summed E-state index contributed by atoms with van der Waals surface area (Å²) in [5, 5.41) is 8.88. The topological polar surface area (TPSA) is 33.1 Å². The van der Waals surface area contributed by atoms with Crippen LogP contribution in [0.3, 0.4) is 0 Å². The molecule has 1 heterocycles. The molecule has 0 bridgehead atoms. The molecule has 0 saturated heterocycles. The van der Waals surface area contributed by atoms with Crippen molar-refractivity contribution in [2.24, 2.45) is 0 Å². The first kappa shape index (κ1) is 12.4. The van der Waals surface area contributed by atoms with Gasteiger partial charge in [0, 0.05) is 11.8 Å². The number of rotatable bonds is 2. The monoisotopic (exact) mass is 215 g/mol. The molecule has 1 aromatic heterocycles. The molecule has 1 aromatic carbocycles. The minimum atomic E-state index is 0.0858. The highest BCUT2D eigenvalue weighted by Crippen LogP contribution is 2.16. The summed E-state index contributed by atoms with van der Waals surface area (Å²) >= 11 is 0. The van der Waals surface area contributed by atoms with E-state index in [1.54, 1.807) is 6.20 Å². The van der Waals surface area contributed by atoms with Crippen LogP contribution in [0, 0.1) is 0 Å². The molecule has 0 aliphatic rings. The van der Waals surface area contributed by atoms with Crippen LogP contribution in [0.2, 0.25) is 0 Å². The van der Waals surface area contributed by atoms with Crippen molar-refractivity contribution in [2.45, 2.75) is 20.5 Å². The summed E-state index contributed by atoms with van der Waals surface area (Å²) in [7, 11) is 0. The Bertz CT molecular complexity index is 395. The third-order valence-corrected chi connectivity index (χ3v) is 2.10. The van der Waals surface area contributed by atoms with Crippen LogP contribution >= 0.6 is 0 Å². The number of nitrogens with zero attached hydrogens (tertiary/aromatic N) is 1. The molecule has 0 spiro atoms. The zero-order valence-corrected chi connectivity index (χ0v) is 9.72. The van der Waals surface area contributed by atoms with Gasteiger partial charge in [-0.2, -0.15) is 0 Å². The average Bonchev–Trinajstić information content (AvgIpc) is 2.42. The summed E-state index contributed by atoms with van der Waals surface area (Å²) in [5.74, 6) is 0. The fourth-order valence-electron chi connectivity index (χ4n) is 1.31. The summed E-state index contributed by atoms with van der Waals surface area (Å²) in [6, 6.07) is 13.6. The predicted molar refractivity (Wildman–Crippen MR) is 66.9 cm³/mol. The van der Waals surface area contributed by atoms with Crippen LogP contribution in [-0.4, -0.2) is 10.1 Å². The van der Waals surface area contributed by atoms with E-state index in [0.29, 0.717) is 0 Å². The largest absolute Gasteiger partial charge is 0.392 e. The van der Waals surface area contributed by atoms with Gasteiger partial charge in [-0.1, -0.05) is 44.2 Å². The molecule has 0 unspecified atom stereocenters. The Morgan fingerprint density at radius 1 is 1.00 bits per heavy atom. The molecule has 0 fully saturated rings. The number of hydrogen-bond acceptors (Lipinski definition) is 2. The van der Waals surface area contributed by atoms with Crippen molar-refractivity contribution < 1.29 is 5.11 Å². The highest BCUT2D eigenvalue weighted by atomic mass is 16.3. The van der Waals surface area contributed by atoms with Crippen LogP contribution in [0.5, 0.6) is 0 Å². The van der Waals surface area contributed by atoms with Crippen LogP contribution in [0.15, 0.2) is 48.7 Å². The Kier molecular flexibility index (Phi) is 5.23. The van der Waals surface area contributed by atoms with E-state index in [1.807, 2.05) is 56.3 Å². The minimum absolute atomic E-state index is 0.0858. The Labute approximate surface area is 96.6 Å². The lowest BCUT2D eigenvalue weighted by Gasteiger charge is -2.00. The molecule has 0 aliphatic carbocycles. The maximum atomic E-state index is 8.88. The molecule has 1 N–H and O–H groups in total. The molecule has 84 valence electrons. The van der Waals surface area contributed by atoms with Crippen LogP contribution in [0.25, 0.3) is 11.3 Å². The molecular formula is C14H17NO. The van der Waals surface area contributed by atoms with Gasteiger partial charge in [0.05, 0.1) is 12.3 Å². The third-order valence-electron chi connectivity index (χ3n) is 2.10. The first-order chi connectivity index (χ1) is 7.90. The van der Waals surface area contributed by atoms with Crippen LogP contribution in [-0.2, 0) is 6.61 Å². The normalized spacial score (nSPS) is 9.19. The first-order valence-corrected chi connectivity index (χ1v) is 5.51. The quantitative estimate of drug-likeness (QED) is 0.834. The van der Waals surface area contributed by atoms with Crippen LogP contribution < -0.4 is 0 Å². The summed E-state index contributed by atoms with van der Waals surface area (Å²) in [6.45, 7) is 4.09. The number of aliphatic hydroxyl groups excluding tert-OH is 1. The number of pyridine rings is 1. The molecule has 2 nitrogen and oxygen atoms in total. The van der Waals surface area contributed by atoms with Gasteiger partial charge in [-0.3, -0.25) is 4.98 Å². The third kappa shape index (κ3) is 3.17. The van der Waals surface area contributed by atoms with Gasteiger partial charge in [-0.25, -0.2) is 0 Å². The Morgan fingerprint density at radius 3 is 2.19 bits per heavy atom. The highest BCUT2D eigenvalue weighted by Gasteiger charge is 1.97. The summed E-state index contributed by atoms with van der Waals surface area (Å²) in [6.07, 6.45) is 1.77. The summed E-state index contributed by atoms with van der Waals surface area (Å²) < 4.78 is 0. The average molecular weight is 215 g/mol. The van der Waals surface area contributed by atoms with Crippen molar-refractivity contribution in [2.75, 3.05) is 0 Å². The molecular weight excluding hydrogens is 198 g/mol. The van der Waals surface area contributed by atoms with Crippen molar-refractivity contribution >= 4 is 0 Å². The molecule has 0 amide bonds. The van der Waals surface area contributed by atoms with Gasteiger partial charge in [0.2, 0.25) is 0 Å². The van der Waals surface area contributed by atoms with E-state index in [-0.39, 0.29) is 6.61 Å². The molecule has 2 rings (SSSR count). The molecule has 16 heavy (non-hydrogen) atoms. The van der Waals surface area contributed by atoms with E-state index in [1.165, 1.54) is 0 Å². The fraction of sp³-hybridized carbons (Fsp3) is 0.214. The predicted octanol–water partition coefficient (Wildman–Crippen LogP) is 3.27. The van der Waals surface area contributed by atoms with Gasteiger partial charge in [0.1, 0.15) is 0 Å². The van der Waals surface area contributed by atoms with E-state index < -0.39 is 0 Å². The van der Waals surface area contributed by atoms with Crippen LogP contribution in [0.4, 0.5) is 0 Å². The number of benzene rings is 1. The van der Waals surface area contributed by atoms with Gasteiger partial charge in [-0.15, -0.1) is 0 Å². The van der Waals surface area contributed by atoms with Gasteiger partial charge >= 0.3 is 0 Å².